The summed E-state index contributed by atoms with van der Waals surface area (Å²) in [5, 5.41) is 2.33. The molecule has 0 N–H and O–H groups in total. The molecule has 234 valence electrons. The molecule has 0 aliphatic heterocycles. The van der Waals surface area contributed by atoms with Crippen molar-refractivity contribution in [2.24, 2.45) is 0 Å². The van der Waals surface area contributed by atoms with Gasteiger partial charge in [-0.3, -0.25) is 4.57 Å². The van der Waals surface area contributed by atoms with E-state index in [1.807, 2.05) is 36.4 Å². The molecule has 0 atom stereocenters. The van der Waals surface area contributed by atoms with Gasteiger partial charge in [0.2, 0.25) is 5.95 Å². The first kappa shape index (κ1) is 28.4. The second kappa shape index (κ2) is 11.2. The lowest BCUT2D eigenvalue weighted by Gasteiger charge is -2.34. The zero-order chi connectivity index (χ0) is 33.1. The second-order valence-corrected chi connectivity index (χ2v) is 12.8. The van der Waals surface area contributed by atoms with Crippen LogP contribution in [0.4, 0.5) is 0 Å². The lowest BCUT2D eigenvalue weighted by Crippen LogP contribution is -2.28. The van der Waals surface area contributed by atoms with Crippen LogP contribution in [-0.4, -0.2) is 19.5 Å². The molecular formula is C46H30N4. The largest absolute Gasteiger partial charge is 0.278 e. The Morgan fingerprint density at radius 3 is 1.48 bits per heavy atom. The van der Waals surface area contributed by atoms with Crippen molar-refractivity contribution >= 4 is 21.8 Å². The fraction of sp³-hybridized carbons (Fsp3) is 0.0217. The summed E-state index contributed by atoms with van der Waals surface area (Å²) < 4.78 is 2.22. The number of aromatic nitrogens is 4. The smallest absolute Gasteiger partial charge is 0.238 e. The molecule has 0 fully saturated rings. The number of hydrogen-bond donors (Lipinski definition) is 0. The third-order valence-electron chi connectivity index (χ3n) is 10.1. The lowest BCUT2D eigenvalue weighted by molar-refractivity contribution is 0.777. The van der Waals surface area contributed by atoms with Gasteiger partial charge in [-0.05, 0) is 45.5 Å². The molecule has 0 spiro atoms. The first-order valence-electron chi connectivity index (χ1n) is 17.0. The van der Waals surface area contributed by atoms with Gasteiger partial charge in [0.25, 0.3) is 0 Å². The molecule has 10 rings (SSSR count). The van der Waals surface area contributed by atoms with Crippen LogP contribution in [0.15, 0.2) is 182 Å². The third kappa shape index (κ3) is 4.09. The van der Waals surface area contributed by atoms with Gasteiger partial charge in [0.05, 0.1) is 16.4 Å². The van der Waals surface area contributed by atoms with E-state index in [-0.39, 0.29) is 0 Å². The molecular weight excluding hydrogens is 609 g/mol. The average molecular weight is 639 g/mol. The Balaban J connectivity index is 1.34. The first-order valence-corrected chi connectivity index (χ1v) is 17.0. The molecule has 0 radical (unpaired) electrons. The van der Waals surface area contributed by atoms with Crippen molar-refractivity contribution in [2.75, 3.05) is 0 Å². The van der Waals surface area contributed by atoms with E-state index in [9.17, 15) is 0 Å². The summed E-state index contributed by atoms with van der Waals surface area (Å²) in [5.74, 6) is 1.86. The highest BCUT2D eigenvalue weighted by Gasteiger charge is 2.47. The van der Waals surface area contributed by atoms with Crippen molar-refractivity contribution in [2.45, 2.75) is 5.41 Å². The second-order valence-electron chi connectivity index (χ2n) is 12.8. The molecule has 50 heavy (non-hydrogen) atoms. The molecule has 4 nitrogen and oxygen atoms in total. The molecule has 1 aliphatic rings. The number of nitrogens with zero attached hydrogens (tertiary/aromatic N) is 4. The van der Waals surface area contributed by atoms with Crippen molar-refractivity contribution in [3.05, 3.63) is 204 Å². The van der Waals surface area contributed by atoms with Crippen LogP contribution in [0, 0.1) is 0 Å². The van der Waals surface area contributed by atoms with Gasteiger partial charge < -0.3 is 0 Å². The Morgan fingerprint density at radius 2 is 0.860 bits per heavy atom. The summed E-state index contributed by atoms with van der Waals surface area (Å²) in [6, 6.07) is 64.5. The monoisotopic (exact) mass is 638 g/mol. The quantitative estimate of drug-likeness (QED) is 0.188. The number of benzene rings is 7. The number of hydrogen-bond acceptors (Lipinski definition) is 3. The molecule has 9 aromatic rings. The predicted molar refractivity (Wildman–Crippen MR) is 202 cm³/mol. The van der Waals surface area contributed by atoms with Crippen LogP contribution < -0.4 is 0 Å². The van der Waals surface area contributed by atoms with Gasteiger partial charge in [-0.15, -0.1) is 0 Å². The van der Waals surface area contributed by atoms with Crippen LogP contribution >= 0.6 is 0 Å². The van der Waals surface area contributed by atoms with Crippen molar-refractivity contribution in [3.8, 4) is 39.9 Å². The topological polar surface area (TPSA) is 43.6 Å². The Morgan fingerprint density at radius 1 is 0.380 bits per heavy atom. The molecule has 0 amide bonds. The number of fused-ring (bicyclic) bond motifs is 6. The van der Waals surface area contributed by atoms with Gasteiger partial charge in [-0.1, -0.05) is 170 Å². The first-order chi connectivity index (χ1) is 24.8. The summed E-state index contributed by atoms with van der Waals surface area (Å²) in [4.78, 5) is 15.4. The number of rotatable bonds is 5. The van der Waals surface area contributed by atoms with Gasteiger partial charge in [0.15, 0.2) is 11.6 Å². The van der Waals surface area contributed by atoms with E-state index in [2.05, 4.69) is 150 Å². The molecule has 0 unspecified atom stereocenters. The van der Waals surface area contributed by atoms with Crippen LogP contribution in [0.25, 0.3) is 61.7 Å². The Kier molecular flexibility index (Phi) is 6.36. The molecule has 2 aromatic heterocycles. The van der Waals surface area contributed by atoms with Crippen molar-refractivity contribution in [3.63, 3.8) is 0 Å². The van der Waals surface area contributed by atoms with E-state index < -0.39 is 5.41 Å². The Bertz CT molecular complexity index is 2590. The highest BCUT2D eigenvalue weighted by atomic mass is 15.2. The van der Waals surface area contributed by atoms with Gasteiger partial charge in [0, 0.05) is 21.9 Å². The van der Waals surface area contributed by atoms with Gasteiger partial charge in [-0.2, -0.15) is 9.97 Å². The number of para-hydroxylation sites is 1. The Hall–Kier alpha value is -6.65. The fourth-order valence-electron chi connectivity index (χ4n) is 8.12. The van der Waals surface area contributed by atoms with E-state index in [1.54, 1.807) is 0 Å². The minimum atomic E-state index is -0.549. The maximum Gasteiger partial charge on any atom is 0.238 e. The standard InChI is InChI=1S/C46H30N4/c1-4-17-31(18-5-1)43-47-44(32-19-6-2-7-20-32)49-45(48-43)50-40-29-15-12-25-36(40)42-39(28-16-30-41(42)50)46(33-21-8-3-9-22-33)37-26-13-10-23-34(37)35-24-11-14-27-38(35)46/h1-30H. The molecule has 1 aliphatic carbocycles. The normalized spacial score (nSPS) is 13.0. The molecule has 4 heteroatoms. The lowest BCUT2D eigenvalue weighted by atomic mass is 9.66. The van der Waals surface area contributed by atoms with Crippen molar-refractivity contribution in [1.29, 1.82) is 0 Å². The molecule has 0 bridgehead atoms. The van der Waals surface area contributed by atoms with Gasteiger partial charge >= 0.3 is 0 Å². The van der Waals surface area contributed by atoms with E-state index in [4.69, 9.17) is 15.0 Å². The Labute approximate surface area is 290 Å². The minimum Gasteiger partial charge on any atom is -0.278 e. The zero-order valence-corrected chi connectivity index (χ0v) is 27.1. The van der Waals surface area contributed by atoms with Crippen LogP contribution in [0.1, 0.15) is 22.3 Å². The van der Waals surface area contributed by atoms with E-state index in [0.29, 0.717) is 17.6 Å². The van der Waals surface area contributed by atoms with E-state index in [0.717, 1.165) is 27.5 Å². The average Bonchev–Trinajstić information content (AvgIpc) is 3.70. The summed E-state index contributed by atoms with van der Waals surface area (Å²) >= 11 is 0. The maximum absolute atomic E-state index is 5.19. The summed E-state index contributed by atoms with van der Waals surface area (Å²) in [6.45, 7) is 0. The minimum absolute atomic E-state index is 0.549. The molecule has 2 heterocycles. The maximum atomic E-state index is 5.19. The highest BCUT2D eigenvalue weighted by Crippen LogP contribution is 2.57. The van der Waals surface area contributed by atoms with Crippen molar-refractivity contribution in [1.82, 2.24) is 19.5 Å². The van der Waals surface area contributed by atoms with Gasteiger partial charge in [-0.25, -0.2) is 4.98 Å². The summed E-state index contributed by atoms with van der Waals surface area (Å²) in [5.41, 5.74) is 11.0. The van der Waals surface area contributed by atoms with E-state index in [1.165, 1.54) is 38.8 Å². The van der Waals surface area contributed by atoms with Crippen LogP contribution in [0.2, 0.25) is 0 Å². The van der Waals surface area contributed by atoms with Gasteiger partial charge in [0.1, 0.15) is 0 Å². The van der Waals surface area contributed by atoms with Crippen LogP contribution in [0.3, 0.4) is 0 Å². The summed E-state index contributed by atoms with van der Waals surface area (Å²) in [7, 11) is 0. The fourth-order valence-corrected chi connectivity index (χ4v) is 8.12. The summed E-state index contributed by atoms with van der Waals surface area (Å²) in [6.07, 6.45) is 0. The van der Waals surface area contributed by atoms with Crippen LogP contribution in [-0.2, 0) is 5.41 Å². The molecule has 0 saturated carbocycles. The third-order valence-corrected chi connectivity index (χ3v) is 10.1. The van der Waals surface area contributed by atoms with Crippen molar-refractivity contribution < 1.29 is 0 Å². The predicted octanol–water partition coefficient (Wildman–Crippen LogP) is 10.7. The van der Waals surface area contributed by atoms with E-state index >= 15 is 0 Å². The molecule has 7 aromatic carbocycles. The highest BCUT2D eigenvalue weighted by molar-refractivity contribution is 6.12. The van der Waals surface area contributed by atoms with Crippen LogP contribution in [0.5, 0.6) is 0 Å². The SMILES string of the molecule is c1ccc(-c2nc(-c3ccccc3)nc(-n3c4ccccc4c4c(C5(c6ccccc6)c6ccccc6-c6ccccc65)cccc43)n2)cc1. The zero-order valence-electron chi connectivity index (χ0n) is 27.1. The molecule has 0 saturated heterocycles.